The first-order valence-corrected chi connectivity index (χ1v) is 15.4. The van der Waals surface area contributed by atoms with E-state index < -0.39 is 8.32 Å². The summed E-state index contributed by atoms with van der Waals surface area (Å²) in [4.78, 5) is 0. The van der Waals surface area contributed by atoms with Gasteiger partial charge in [-0.15, -0.1) is 6.58 Å². The number of methoxy groups -OCH3 is 1. The molecule has 0 heterocycles. The summed E-state index contributed by atoms with van der Waals surface area (Å²) in [7, 11) is -0.0328. The maximum atomic E-state index is 7.41. The van der Waals surface area contributed by atoms with E-state index in [4.69, 9.17) is 9.16 Å². The molecule has 3 unspecified atom stereocenters. The third-order valence-electron chi connectivity index (χ3n) is 8.26. The van der Waals surface area contributed by atoms with E-state index in [1.165, 1.54) is 0 Å². The summed E-state index contributed by atoms with van der Waals surface area (Å²) in [6.45, 7) is 18.4. The van der Waals surface area contributed by atoms with Crippen LogP contribution in [-0.2, 0) is 9.16 Å². The molecule has 0 aromatic carbocycles. The lowest BCUT2D eigenvalue weighted by Crippen LogP contribution is -2.61. The average molecular weight is 531 g/mol. The van der Waals surface area contributed by atoms with Crippen molar-refractivity contribution >= 4 is 30.9 Å². The molecule has 0 aromatic rings. The van der Waals surface area contributed by atoms with Gasteiger partial charge in [-0.05, 0) is 73.6 Å². The normalized spacial score (nSPS) is 33.4. The Bertz CT molecular complexity index is 648. The Morgan fingerprint density at radius 2 is 1.93 bits per heavy atom. The quantitative estimate of drug-likeness (QED) is 0.178. The van der Waals surface area contributed by atoms with Gasteiger partial charge in [-0.3, -0.25) is 0 Å². The lowest BCUT2D eigenvalue weighted by Gasteiger charge is -2.60. The number of fused-ring (bicyclic) bond motifs is 1. The van der Waals surface area contributed by atoms with Crippen LogP contribution in [0.5, 0.6) is 0 Å². The van der Waals surface area contributed by atoms with Crippen LogP contribution in [-0.4, -0.2) is 26.6 Å². The van der Waals surface area contributed by atoms with Gasteiger partial charge in [0.25, 0.3) is 0 Å². The van der Waals surface area contributed by atoms with Gasteiger partial charge in [0.2, 0.25) is 0 Å². The molecule has 1 fully saturated rings. The summed E-state index contributed by atoms with van der Waals surface area (Å²) in [5, 5.41) is 0.213. The largest absolute Gasteiger partial charge is 0.410 e. The SMILES string of the molecule is C=CCC1(OC)CCC2(C)C(=CCCC2(CC/C=C\I)O[Si](C)(C)C(C)(C)C)C1. The van der Waals surface area contributed by atoms with Crippen LogP contribution in [0.1, 0.15) is 79.1 Å². The fourth-order valence-corrected chi connectivity index (χ4v) is 7.25. The van der Waals surface area contributed by atoms with E-state index in [0.29, 0.717) is 0 Å². The van der Waals surface area contributed by atoms with Crippen molar-refractivity contribution in [2.75, 3.05) is 7.11 Å². The van der Waals surface area contributed by atoms with Crippen LogP contribution in [0.15, 0.2) is 34.5 Å². The van der Waals surface area contributed by atoms with Gasteiger partial charge in [0.1, 0.15) is 0 Å². The van der Waals surface area contributed by atoms with Crippen LogP contribution in [0.4, 0.5) is 0 Å². The highest BCUT2D eigenvalue weighted by Crippen LogP contribution is 2.60. The van der Waals surface area contributed by atoms with Crippen LogP contribution in [0.2, 0.25) is 18.1 Å². The van der Waals surface area contributed by atoms with Crippen LogP contribution >= 0.6 is 22.6 Å². The Hall–Kier alpha value is 0.0869. The fourth-order valence-electron chi connectivity index (χ4n) is 5.17. The van der Waals surface area contributed by atoms with E-state index in [-0.39, 0.29) is 21.7 Å². The van der Waals surface area contributed by atoms with Crippen LogP contribution < -0.4 is 0 Å². The number of hydrogen-bond donors (Lipinski definition) is 0. The molecule has 2 aliphatic carbocycles. The Morgan fingerprint density at radius 3 is 2.48 bits per heavy atom. The number of halogens is 1. The van der Waals surface area contributed by atoms with Crippen molar-refractivity contribution in [2.24, 2.45) is 5.41 Å². The molecule has 29 heavy (non-hydrogen) atoms. The molecule has 2 aliphatic rings. The smallest absolute Gasteiger partial charge is 0.192 e. The molecular formula is C25H43IO2Si. The second kappa shape index (κ2) is 9.29. The zero-order valence-corrected chi connectivity index (χ0v) is 23.0. The van der Waals surface area contributed by atoms with E-state index in [2.05, 4.69) is 86.2 Å². The van der Waals surface area contributed by atoms with Gasteiger partial charge in [-0.2, -0.15) is 0 Å². The van der Waals surface area contributed by atoms with Crippen LogP contribution in [0, 0.1) is 5.41 Å². The highest BCUT2D eigenvalue weighted by atomic mass is 127. The first-order chi connectivity index (χ1) is 13.4. The Kier molecular flexibility index (Phi) is 8.12. The van der Waals surface area contributed by atoms with Crippen molar-refractivity contribution in [3.8, 4) is 0 Å². The van der Waals surface area contributed by atoms with Crippen molar-refractivity contribution in [3.63, 3.8) is 0 Å². The molecule has 0 aromatic heterocycles. The van der Waals surface area contributed by atoms with Crippen molar-refractivity contribution in [2.45, 2.75) is 108 Å². The molecule has 166 valence electrons. The zero-order chi connectivity index (χ0) is 22.0. The van der Waals surface area contributed by atoms with E-state index >= 15 is 0 Å². The van der Waals surface area contributed by atoms with Gasteiger partial charge in [-0.25, -0.2) is 0 Å². The number of rotatable bonds is 8. The third-order valence-corrected chi connectivity index (χ3v) is 13.3. The van der Waals surface area contributed by atoms with Crippen LogP contribution in [0.3, 0.4) is 0 Å². The Balaban J connectivity index is 2.47. The maximum absolute atomic E-state index is 7.41. The highest BCUT2D eigenvalue weighted by molar-refractivity contribution is 14.1. The van der Waals surface area contributed by atoms with E-state index in [9.17, 15) is 0 Å². The van der Waals surface area contributed by atoms with Gasteiger partial charge in [0.05, 0.1) is 11.2 Å². The topological polar surface area (TPSA) is 18.5 Å². The molecule has 0 spiro atoms. The average Bonchev–Trinajstić information content (AvgIpc) is 2.63. The molecule has 3 atom stereocenters. The Morgan fingerprint density at radius 1 is 1.24 bits per heavy atom. The second-order valence-corrected chi connectivity index (χ2v) is 16.4. The van der Waals surface area contributed by atoms with Crippen molar-refractivity contribution < 1.29 is 9.16 Å². The van der Waals surface area contributed by atoms with E-state index in [1.54, 1.807) is 5.57 Å². The number of hydrogen-bond acceptors (Lipinski definition) is 2. The summed E-state index contributed by atoms with van der Waals surface area (Å²) in [6, 6.07) is 0. The first kappa shape index (κ1) is 25.3. The standard InChI is InChI=1S/C25H43IO2Si/c1-9-14-24(27-6)18-17-23(5)21(20-24)13-12-16-25(23,15-10-11-19-26)28-29(7,8)22(2,3)4/h9,11,13,19H,1,10,12,14-18,20H2,2-8H3/b19-11-. The monoisotopic (exact) mass is 530 g/mol. The molecule has 1 saturated carbocycles. The summed E-state index contributed by atoms with van der Waals surface area (Å²) >= 11 is 2.34. The lowest BCUT2D eigenvalue weighted by molar-refractivity contribution is -0.110. The van der Waals surface area contributed by atoms with Gasteiger partial charge in [0.15, 0.2) is 8.32 Å². The summed E-state index contributed by atoms with van der Waals surface area (Å²) in [5.41, 5.74) is 1.48. The third kappa shape index (κ3) is 4.96. The fraction of sp³-hybridized carbons (Fsp3) is 0.760. The molecule has 2 rings (SSSR count). The highest BCUT2D eigenvalue weighted by Gasteiger charge is 2.58. The lowest BCUT2D eigenvalue weighted by atomic mass is 9.54. The van der Waals surface area contributed by atoms with Crippen molar-refractivity contribution in [1.82, 2.24) is 0 Å². The van der Waals surface area contributed by atoms with Crippen molar-refractivity contribution in [1.29, 1.82) is 0 Å². The first-order valence-electron chi connectivity index (χ1n) is 11.2. The second-order valence-electron chi connectivity index (χ2n) is 10.9. The zero-order valence-electron chi connectivity index (χ0n) is 19.9. The number of allylic oxidation sites excluding steroid dienone is 2. The molecule has 0 bridgehead atoms. The van der Waals surface area contributed by atoms with E-state index in [0.717, 1.165) is 51.4 Å². The predicted molar refractivity (Wildman–Crippen MR) is 137 cm³/mol. The molecule has 0 radical (unpaired) electrons. The van der Waals surface area contributed by atoms with Gasteiger partial charge < -0.3 is 9.16 Å². The summed E-state index contributed by atoms with van der Waals surface area (Å²) in [6.07, 6.45) is 15.4. The summed E-state index contributed by atoms with van der Waals surface area (Å²) < 4.78 is 15.6. The predicted octanol–water partition coefficient (Wildman–Crippen LogP) is 8.35. The molecule has 0 aliphatic heterocycles. The van der Waals surface area contributed by atoms with Crippen LogP contribution in [0.25, 0.3) is 0 Å². The number of ether oxygens (including phenoxy) is 1. The van der Waals surface area contributed by atoms with E-state index in [1.807, 2.05) is 13.2 Å². The van der Waals surface area contributed by atoms with Gasteiger partial charge in [0, 0.05) is 12.5 Å². The van der Waals surface area contributed by atoms with Gasteiger partial charge in [-0.1, -0.05) is 74.1 Å². The van der Waals surface area contributed by atoms with Crippen molar-refractivity contribution in [3.05, 3.63) is 34.5 Å². The molecule has 2 nitrogen and oxygen atoms in total. The summed E-state index contributed by atoms with van der Waals surface area (Å²) in [5.74, 6) is 0. The minimum absolute atomic E-state index is 0.0791. The molecular weight excluding hydrogens is 487 g/mol. The Labute approximate surface area is 194 Å². The van der Waals surface area contributed by atoms with Gasteiger partial charge >= 0.3 is 0 Å². The maximum Gasteiger partial charge on any atom is 0.192 e. The molecule has 4 heteroatoms. The minimum Gasteiger partial charge on any atom is -0.410 e. The minimum atomic E-state index is -1.91. The molecule has 0 N–H and O–H groups in total. The molecule has 0 amide bonds. The molecule has 0 saturated heterocycles.